The highest BCUT2D eigenvalue weighted by Crippen LogP contribution is 2.24. The molecule has 1 aliphatic heterocycles. The Balaban J connectivity index is 1.52. The standard InChI is InChI=1S/C21H23FN4OS/c1-3-19-13-23-21(28-19)24-18-10-6-16(7-11-18)14(2)25-26-20(27)12-15-4-8-17(22)9-5-15/h4-11,19H,3,12-13H2,1-2H3,(H,23,24)(H,26,27)/b25-14-/t19-/m0/s1. The molecule has 2 N–H and O–H groups in total. The molecule has 7 heteroatoms. The van der Waals surface area contributed by atoms with E-state index in [1.807, 2.05) is 31.2 Å². The molecule has 1 amide bonds. The second kappa shape index (κ2) is 9.50. The number of rotatable bonds is 6. The summed E-state index contributed by atoms with van der Waals surface area (Å²) in [5.41, 5.74) is 5.88. The Kier molecular flexibility index (Phi) is 6.81. The highest BCUT2D eigenvalue weighted by atomic mass is 32.2. The lowest BCUT2D eigenvalue weighted by Gasteiger charge is -2.08. The number of hydrogen-bond acceptors (Lipinski definition) is 5. The molecule has 0 bridgehead atoms. The Morgan fingerprint density at radius 3 is 2.57 bits per heavy atom. The normalized spacial score (nSPS) is 16.6. The van der Waals surface area contributed by atoms with E-state index in [-0.39, 0.29) is 18.1 Å². The van der Waals surface area contributed by atoms with Crippen molar-refractivity contribution in [1.82, 2.24) is 5.43 Å². The molecule has 0 unspecified atom stereocenters. The number of hydrogen-bond donors (Lipinski definition) is 2. The Hall–Kier alpha value is -2.67. The van der Waals surface area contributed by atoms with Gasteiger partial charge in [-0.05, 0) is 48.7 Å². The molecule has 0 aliphatic carbocycles. The van der Waals surface area contributed by atoms with Crippen LogP contribution in [0.2, 0.25) is 0 Å². The second-order valence-electron chi connectivity index (χ2n) is 6.53. The van der Waals surface area contributed by atoms with Crippen molar-refractivity contribution in [3.8, 4) is 0 Å². The summed E-state index contributed by atoms with van der Waals surface area (Å²) in [6.07, 6.45) is 1.26. The molecule has 2 aromatic rings. The summed E-state index contributed by atoms with van der Waals surface area (Å²) in [5, 5.41) is 9.01. The van der Waals surface area contributed by atoms with Crippen molar-refractivity contribution in [2.45, 2.75) is 31.9 Å². The summed E-state index contributed by atoms with van der Waals surface area (Å²) >= 11 is 1.78. The van der Waals surface area contributed by atoms with Crippen molar-refractivity contribution < 1.29 is 9.18 Å². The number of aliphatic imine (C=N–C) groups is 1. The first kappa shape index (κ1) is 20.1. The van der Waals surface area contributed by atoms with Crippen LogP contribution in [0.4, 0.5) is 10.1 Å². The van der Waals surface area contributed by atoms with Gasteiger partial charge in [-0.15, -0.1) is 0 Å². The van der Waals surface area contributed by atoms with Gasteiger partial charge in [0.05, 0.1) is 18.7 Å². The Morgan fingerprint density at radius 2 is 1.93 bits per heavy atom. The van der Waals surface area contributed by atoms with E-state index >= 15 is 0 Å². The highest BCUT2D eigenvalue weighted by Gasteiger charge is 2.17. The molecule has 2 aromatic carbocycles. The summed E-state index contributed by atoms with van der Waals surface area (Å²) in [7, 11) is 0. The fraction of sp³-hybridized carbons (Fsp3) is 0.286. The monoisotopic (exact) mass is 398 g/mol. The number of carbonyl (C=O) groups is 1. The maximum absolute atomic E-state index is 12.9. The number of benzene rings is 2. The molecule has 28 heavy (non-hydrogen) atoms. The lowest BCUT2D eigenvalue weighted by atomic mass is 10.1. The molecule has 1 heterocycles. The van der Waals surface area contributed by atoms with Gasteiger partial charge in [0.2, 0.25) is 5.91 Å². The van der Waals surface area contributed by atoms with E-state index in [9.17, 15) is 9.18 Å². The van der Waals surface area contributed by atoms with E-state index < -0.39 is 0 Å². The van der Waals surface area contributed by atoms with Crippen LogP contribution in [-0.2, 0) is 11.2 Å². The van der Waals surface area contributed by atoms with E-state index in [4.69, 9.17) is 0 Å². The van der Waals surface area contributed by atoms with E-state index in [0.717, 1.165) is 34.9 Å². The van der Waals surface area contributed by atoms with Crippen molar-refractivity contribution >= 4 is 34.2 Å². The molecule has 1 atom stereocenters. The van der Waals surface area contributed by atoms with E-state index in [1.165, 1.54) is 12.1 Å². The van der Waals surface area contributed by atoms with Gasteiger partial charge in [0.1, 0.15) is 5.82 Å². The number of amides is 1. The number of nitrogens with one attached hydrogen (secondary N) is 2. The molecule has 146 valence electrons. The first-order valence-electron chi connectivity index (χ1n) is 9.19. The lowest BCUT2D eigenvalue weighted by molar-refractivity contribution is -0.120. The van der Waals surface area contributed by atoms with E-state index in [0.29, 0.717) is 11.0 Å². The van der Waals surface area contributed by atoms with Gasteiger partial charge < -0.3 is 5.32 Å². The molecule has 0 saturated heterocycles. The zero-order valence-electron chi connectivity index (χ0n) is 15.9. The summed E-state index contributed by atoms with van der Waals surface area (Å²) in [6.45, 7) is 4.87. The van der Waals surface area contributed by atoms with Crippen LogP contribution in [-0.4, -0.2) is 28.6 Å². The minimum Gasteiger partial charge on any atom is -0.335 e. The zero-order valence-corrected chi connectivity index (χ0v) is 16.7. The number of halogens is 1. The van der Waals surface area contributed by atoms with Crippen LogP contribution >= 0.6 is 11.8 Å². The van der Waals surface area contributed by atoms with Gasteiger partial charge in [-0.3, -0.25) is 9.79 Å². The summed E-state index contributed by atoms with van der Waals surface area (Å²) in [4.78, 5) is 16.5. The van der Waals surface area contributed by atoms with E-state index in [1.54, 1.807) is 23.9 Å². The number of amidine groups is 1. The third-order valence-corrected chi connectivity index (χ3v) is 5.62. The summed E-state index contributed by atoms with van der Waals surface area (Å²) < 4.78 is 12.9. The largest absolute Gasteiger partial charge is 0.335 e. The highest BCUT2D eigenvalue weighted by molar-refractivity contribution is 8.15. The molecular formula is C21H23FN4OS. The maximum Gasteiger partial charge on any atom is 0.244 e. The fourth-order valence-electron chi connectivity index (χ4n) is 2.65. The third-order valence-electron chi connectivity index (χ3n) is 4.35. The molecule has 0 spiro atoms. The summed E-state index contributed by atoms with van der Waals surface area (Å²) in [5.74, 6) is -0.564. The number of nitrogens with zero attached hydrogens (tertiary/aromatic N) is 2. The van der Waals surface area contributed by atoms with Crippen molar-refractivity contribution in [2.75, 3.05) is 11.9 Å². The van der Waals surface area contributed by atoms with Crippen molar-refractivity contribution in [2.24, 2.45) is 10.1 Å². The third kappa shape index (κ3) is 5.66. The molecule has 5 nitrogen and oxygen atoms in total. The predicted octanol–water partition coefficient (Wildman–Crippen LogP) is 4.20. The number of carbonyl (C=O) groups excluding carboxylic acids is 1. The molecule has 0 radical (unpaired) electrons. The van der Waals surface area contributed by atoms with Crippen LogP contribution in [0.25, 0.3) is 0 Å². The Labute approximate surface area is 168 Å². The predicted molar refractivity (Wildman–Crippen MR) is 114 cm³/mol. The molecule has 3 rings (SSSR count). The van der Waals surface area contributed by atoms with Crippen LogP contribution in [0.5, 0.6) is 0 Å². The first-order valence-corrected chi connectivity index (χ1v) is 10.1. The molecule has 0 saturated carbocycles. The van der Waals surface area contributed by atoms with Gasteiger partial charge in [-0.2, -0.15) is 5.10 Å². The van der Waals surface area contributed by atoms with Gasteiger partial charge in [0.15, 0.2) is 5.17 Å². The molecule has 0 fully saturated rings. The Morgan fingerprint density at radius 1 is 1.21 bits per heavy atom. The van der Waals surface area contributed by atoms with Gasteiger partial charge >= 0.3 is 0 Å². The first-order chi connectivity index (χ1) is 13.5. The van der Waals surface area contributed by atoms with Crippen LogP contribution in [0.3, 0.4) is 0 Å². The second-order valence-corrected chi connectivity index (χ2v) is 7.82. The zero-order chi connectivity index (χ0) is 19.9. The smallest absolute Gasteiger partial charge is 0.244 e. The average molecular weight is 399 g/mol. The van der Waals surface area contributed by atoms with Gasteiger partial charge in [0.25, 0.3) is 0 Å². The van der Waals surface area contributed by atoms with E-state index in [2.05, 4.69) is 27.8 Å². The fourth-order valence-corrected chi connectivity index (χ4v) is 3.61. The molecule has 0 aromatic heterocycles. The Bertz CT molecular complexity index is 878. The number of anilines is 1. The minimum absolute atomic E-state index is 0.151. The van der Waals surface area contributed by atoms with Crippen molar-refractivity contribution in [1.29, 1.82) is 0 Å². The maximum atomic E-state index is 12.9. The summed E-state index contributed by atoms with van der Waals surface area (Å²) in [6, 6.07) is 13.7. The quantitative estimate of drug-likeness (QED) is 0.566. The van der Waals surface area contributed by atoms with Crippen molar-refractivity contribution in [3.05, 3.63) is 65.5 Å². The van der Waals surface area contributed by atoms with Gasteiger partial charge in [-0.25, -0.2) is 9.82 Å². The SMILES string of the molecule is CC[C@H]1CN=C(Nc2ccc(/C(C)=N\NC(=O)Cc3ccc(F)cc3)cc2)S1. The topological polar surface area (TPSA) is 65.8 Å². The minimum atomic E-state index is -0.320. The van der Waals surface area contributed by atoms with Crippen LogP contribution < -0.4 is 10.7 Å². The lowest BCUT2D eigenvalue weighted by Crippen LogP contribution is -2.21. The van der Waals surface area contributed by atoms with Crippen LogP contribution in [0, 0.1) is 5.82 Å². The van der Waals surface area contributed by atoms with Crippen molar-refractivity contribution in [3.63, 3.8) is 0 Å². The molecule has 1 aliphatic rings. The van der Waals surface area contributed by atoms with Gasteiger partial charge in [-0.1, -0.05) is 43.0 Å². The molecular weight excluding hydrogens is 375 g/mol. The number of hydrazone groups is 1. The van der Waals surface area contributed by atoms with Gasteiger partial charge in [0, 0.05) is 10.9 Å². The van der Waals surface area contributed by atoms with Crippen LogP contribution in [0.15, 0.2) is 58.6 Å². The number of thioether (sulfide) groups is 1. The average Bonchev–Trinajstić information content (AvgIpc) is 3.16. The van der Waals surface area contributed by atoms with Crippen LogP contribution in [0.1, 0.15) is 31.4 Å².